The average Bonchev–Trinajstić information content (AvgIpc) is 2.90. The van der Waals surface area contributed by atoms with Crippen molar-refractivity contribution in [2.24, 2.45) is 0 Å². The van der Waals surface area contributed by atoms with Crippen LogP contribution in [0.5, 0.6) is 0 Å². The summed E-state index contributed by atoms with van der Waals surface area (Å²) >= 11 is 13.6. The highest BCUT2D eigenvalue weighted by Crippen LogP contribution is 2.37. The van der Waals surface area contributed by atoms with Gasteiger partial charge >= 0.3 is 5.97 Å². The number of hydrogen-bond acceptors (Lipinski definition) is 4. The molecule has 0 bridgehead atoms. The van der Waals surface area contributed by atoms with E-state index in [-0.39, 0.29) is 18.0 Å². The van der Waals surface area contributed by atoms with Gasteiger partial charge in [-0.15, -0.1) is 11.3 Å². The van der Waals surface area contributed by atoms with Crippen molar-refractivity contribution in [1.82, 2.24) is 4.90 Å². The van der Waals surface area contributed by atoms with Crippen molar-refractivity contribution in [3.05, 3.63) is 33.1 Å². The number of esters is 1. The highest BCUT2D eigenvalue weighted by molar-refractivity contribution is 7.21. The van der Waals surface area contributed by atoms with E-state index in [2.05, 4.69) is 0 Å². The molecule has 1 amide bonds. The predicted molar refractivity (Wildman–Crippen MR) is 106 cm³/mol. The number of fused-ring (bicyclic) bond motifs is 1. The third kappa shape index (κ3) is 3.71. The van der Waals surface area contributed by atoms with Gasteiger partial charge in [-0.25, -0.2) is 4.79 Å². The van der Waals surface area contributed by atoms with Crippen LogP contribution in [-0.4, -0.2) is 35.0 Å². The lowest BCUT2D eigenvalue weighted by Crippen LogP contribution is -2.51. The van der Waals surface area contributed by atoms with E-state index in [4.69, 9.17) is 27.9 Å². The Morgan fingerprint density at radius 2 is 1.88 bits per heavy atom. The molecule has 2 heterocycles. The number of rotatable bonds is 3. The largest absolute Gasteiger partial charge is 0.448 e. The van der Waals surface area contributed by atoms with Crippen LogP contribution < -0.4 is 0 Å². The number of ether oxygens (including phenoxy) is 1. The summed E-state index contributed by atoms with van der Waals surface area (Å²) in [5, 5.41) is 1.67. The Balaban J connectivity index is 1.77. The maximum atomic E-state index is 12.8. The number of amides is 1. The molecule has 1 fully saturated rings. The molecule has 4 nitrogen and oxygen atoms in total. The van der Waals surface area contributed by atoms with Crippen molar-refractivity contribution in [3.8, 4) is 0 Å². The van der Waals surface area contributed by atoms with Crippen molar-refractivity contribution in [1.29, 1.82) is 0 Å². The van der Waals surface area contributed by atoms with Gasteiger partial charge in [0.1, 0.15) is 4.88 Å². The van der Waals surface area contributed by atoms with Crippen LogP contribution in [0.1, 0.15) is 49.7 Å². The number of nitrogens with zero attached hydrogens (tertiary/aromatic N) is 1. The zero-order valence-corrected chi connectivity index (χ0v) is 17.2. The Bertz CT molecular complexity index is 841. The van der Waals surface area contributed by atoms with Crippen LogP contribution in [0.2, 0.25) is 10.0 Å². The van der Waals surface area contributed by atoms with Gasteiger partial charge in [-0.05, 0) is 52.2 Å². The lowest BCUT2D eigenvalue weighted by molar-refractivity contribution is -0.146. The predicted octanol–water partition coefficient (Wildman–Crippen LogP) is 5.54. The quantitative estimate of drug-likeness (QED) is 0.620. The number of halogens is 2. The molecule has 0 N–H and O–H groups in total. The van der Waals surface area contributed by atoms with Gasteiger partial charge in [-0.3, -0.25) is 4.79 Å². The Hall–Kier alpha value is -1.30. The zero-order chi connectivity index (χ0) is 19.0. The third-order valence-electron chi connectivity index (χ3n) is 4.86. The smallest absolute Gasteiger partial charge is 0.350 e. The van der Waals surface area contributed by atoms with Crippen LogP contribution >= 0.6 is 34.5 Å². The number of carbonyl (C=O) groups is 2. The summed E-state index contributed by atoms with van der Waals surface area (Å²) in [4.78, 5) is 27.5. The number of thiophene rings is 1. The number of piperidine rings is 1. The summed E-state index contributed by atoms with van der Waals surface area (Å²) in [6.45, 7) is 5.69. The molecule has 0 radical (unpaired) electrons. The van der Waals surface area contributed by atoms with Gasteiger partial charge in [-0.2, -0.15) is 0 Å². The Morgan fingerprint density at radius 1 is 1.23 bits per heavy atom. The van der Waals surface area contributed by atoms with Crippen LogP contribution in [0.3, 0.4) is 0 Å². The monoisotopic (exact) mass is 413 g/mol. The average molecular weight is 414 g/mol. The van der Waals surface area contributed by atoms with Gasteiger partial charge in [0.05, 0.1) is 5.02 Å². The summed E-state index contributed by atoms with van der Waals surface area (Å²) in [7, 11) is 0. The van der Waals surface area contributed by atoms with Crippen molar-refractivity contribution in [2.75, 3.05) is 0 Å². The topological polar surface area (TPSA) is 46.6 Å². The van der Waals surface area contributed by atoms with E-state index in [1.165, 1.54) is 11.3 Å². The fourth-order valence-corrected chi connectivity index (χ4v) is 5.17. The fraction of sp³-hybridized carbons (Fsp3) is 0.474. The van der Waals surface area contributed by atoms with Crippen LogP contribution in [0.4, 0.5) is 0 Å². The number of hydrogen-bond donors (Lipinski definition) is 0. The molecule has 7 heteroatoms. The molecule has 1 aliphatic heterocycles. The summed E-state index contributed by atoms with van der Waals surface area (Å²) < 4.78 is 6.26. The summed E-state index contributed by atoms with van der Waals surface area (Å²) in [6.07, 6.45) is 2.20. The normalized spacial score (nSPS) is 21.7. The molecule has 1 aromatic heterocycles. The molecule has 3 atom stereocenters. The second-order valence-electron chi connectivity index (χ2n) is 6.81. The van der Waals surface area contributed by atoms with Gasteiger partial charge in [-0.1, -0.05) is 29.3 Å². The molecule has 1 aliphatic rings. The third-order valence-corrected chi connectivity index (χ3v) is 6.73. The van der Waals surface area contributed by atoms with Gasteiger partial charge in [0.15, 0.2) is 6.10 Å². The van der Waals surface area contributed by atoms with E-state index >= 15 is 0 Å². The molecular weight excluding hydrogens is 393 g/mol. The van der Waals surface area contributed by atoms with Crippen LogP contribution in [0.25, 0.3) is 10.1 Å². The molecule has 140 valence electrons. The van der Waals surface area contributed by atoms with E-state index in [9.17, 15) is 9.59 Å². The molecule has 26 heavy (non-hydrogen) atoms. The second kappa shape index (κ2) is 7.75. The molecule has 2 aromatic rings. The first-order valence-corrected chi connectivity index (χ1v) is 10.3. The maximum Gasteiger partial charge on any atom is 0.350 e. The standard InChI is InChI=1S/C19H21Cl2NO3S/c1-10-5-4-6-11(2)22(10)18(23)12(3)25-19(24)17-16(21)14-8-7-13(20)9-15(14)26-17/h7-12H,4-6H2,1-3H3/t10-,11-,12-/m1/s1. The first-order valence-electron chi connectivity index (χ1n) is 8.70. The SMILES string of the molecule is C[C@@H]1CCC[C@@H](C)N1C(=O)[C@@H](C)OC(=O)c1sc2cc(Cl)ccc2c1Cl. The van der Waals surface area contributed by atoms with Crippen LogP contribution in [0, 0.1) is 0 Å². The molecule has 1 aromatic carbocycles. The van der Waals surface area contributed by atoms with Crippen molar-refractivity contribution in [2.45, 2.75) is 58.2 Å². The second-order valence-corrected chi connectivity index (χ2v) is 8.67. The first kappa shape index (κ1) is 19.5. The van der Waals surface area contributed by atoms with E-state index in [1.807, 2.05) is 18.7 Å². The van der Waals surface area contributed by atoms with Crippen molar-refractivity contribution in [3.63, 3.8) is 0 Å². The van der Waals surface area contributed by atoms with Gasteiger partial charge in [0.25, 0.3) is 5.91 Å². The van der Waals surface area contributed by atoms with Gasteiger partial charge in [0, 0.05) is 27.2 Å². The fourth-order valence-electron chi connectivity index (χ4n) is 3.50. The maximum absolute atomic E-state index is 12.8. The molecule has 3 rings (SSSR count). The summed E-state index contributed by atoms with van der Waals surface area (Å²) in [5.74, 6) is -0.733. The molecule has 0 aliphatic carbocycles. The number of likely N-dealkylation sites (tertiary alicyclic amines) is 1. The Labute approximate surface area is 167 Å². The van der Waals surface area contributed by atoms with Crippen molar-refractivity contribution >= 4 is 56.5 Å². The van der Waals surface area contributed by atoms with Crippen molar-refractivity contribution < 1.29 is 14.3 Å². The summed E-state index contributed by atoms with van der Waals surface area (Å²) in [5.41, 5.74) is 0. The molecule has 1 saturated heterocycles. The molecule has 0 spiro atoms. The molecule has 0 saturated carbocycles. The Morgan fingerprint density at radius 3 is 2.54 bits per heavy atom. The Kier molecular flexibility index (Phi) is 5.80. The highest BCUT2D eigenvalue weighted by Gasteiger charge is 2.34. The van der Waals surface area contributed by atoms with Crippen LogP contribution in [-0.2, 0) is 9.53 Å². The van der Waals surface area contributed by atoms with E-state index in [1.54, 1.807) is 25.1 Å². The number of benzene rings is 1. The minimum atomic E-state index is -0.852. The van der Waals surface area contributed by atoms with Gasteiger partial charge < -0.3 is 9.64 Å². The van der Waals surface area contributed by atoms with E-state index in [0.717, 1.165) is 29.3 Å². The van der Waals surface area contributed by atoms with E-state index < -0.39 is 12.1 Å². The minimum Gasteiger partial charge on any atom is -0.448 e. The first-order chi connectivity index (χ1) is 12.3. The number of carbonyl (C=O) groups excluding carboxylic acids is 2. The van der Waals surface area contributed by atoms with E-state index in [0.29, 0.717) is 14.9 Å². The minimum absolute atomic E-state index is 0.154. The lowest BCUT2D eigenvalue weighted by atomic mass is 9.97. The highest BCUT2D eigenvalue weighted by atomic mass is 35.5. The zero-order valence-electron chi connectivity index (χ0n) is 14.9. The molecule has 0 unspecified atom stereocenters. The molecular formula is C19H21Cl2NO3S. The lowest BCUT2D eigenvalue weighted by Gasteiger charge is -2.40. The van der Waals surface area contributed by atoms with Crippen LogP contribution in [0.15, 0.2) is 18.2 Å². The summed E-state index contributed by atoms with van der Waals surface area (Å²) in [6, 6.07) is 5.57. The van der Waals surface area contributed by atoms with Gasteiger partial charge in [0.2, 0.25) is 0 Å².